The molecule has 2 aromatic rings. The average molecular weight is 387 g/mol. The molecule has 134 valence electrons. The van der Waals surface area contributed by atoms with E-state index >= 15 is 0 Å². The lowest BCUT2D eigenvalue weighted by atomic mass is 9.92. The molecular weight excluding hydrogens is 371 g/mol. The summed E-state index contributed by atoms with van der Waals surface area (Å²) in [6.07, 6.45) is -0.261. The van der Waals surface area contributed by atoms with Gasteiger partial charge in [-0.15, -0.1) is 0 Å². The van der Waals surface area contributed by atoms with Gasteiger partial charge in [0.15, 0.2) is 5.76 Å². The van der Waals surface area contributed by atoms with E-state index < -0.39 is 29.7 Å². The smallest absolute Gasteiger partial charge is 0.306 e. The molecule has 2 rings (SSSR count). The Morgan fingerprint density at radius 3 is 2.52 bits per heavy atom. The SMILES string of the molecule is CCOC(=O)C[C@H](c1oc(CO)cc(=O)c1O)c1c(Cl)cccc1Cl. The molecule has 0 fully saturated rings. The zero-order chi connectivity index (χ0) is 18.6. The number of carbonyl (C=O) groups excluding carboxylic acids is 1. The van der Waals surface area contributed by atoms with Crippen LogP contribution in [0.5, 0.6) is 5.75 Å². The molecule has 0 saturated carbocycles. The van der Waals surface area contributed by atoms with Crippen LogP contribution < -0.4 is 5.43 Å². The first kappa shape index (κ1) is 19.3. The summed E-state index contributed by atoms with van der Waals surface area (Å²) in [7, 11) is 0. The normalized spacial score (nSPS) is 12.0. The van der Waals surface area contributed by atoms with Gasteiger partial charge in [-0.1, -0.05) is 29.3 Å². The van der Waals surface area contributed by atoms with Crippen molar-refractivity contribution in [1.82, 2.24) is 0 Å². The van der Waals surface area contributed by atoms with Crippen molar-refractivity contribution in [3.8, 4) is 5.75 Å². The number of rotatable bonds is 6. The average Bonchev–Trinajstić information content (AvgIpc) is 2.56. The first-order valence-electron chi connectivity index (χ1n) is 7.45. The fourth-order valence-corrected chi connectivity index (χ4v) is 3.09. The van der Waals surface area contributed by atoms with E-state index in [9.17, 15) is 19.8 Å². The predicted octanol–water partition coefficient (Wildman–Crippen LogP) is 3.23. The third-order valence-corrected chi connectivity index (χ3v) is 4.16. The Bertz CT molecular complexity index is 810. The van der Waals surface area contributed by atoms with Gasteiger partial charge in [-0.05, 0) is 19.1 Å². The standard InChI is InChI=1S/C17H16Cl2O6/c1-2-24-14(22)7-10(15-11(18)4-3-5-12(15)19)17-16(23)13(21)6-9(8-20)25-17/h3-6,10,20,23H,2,7-8H2,1H3/t10-/m0/s1. The molecule has 2 N–H and O–H groups in total. The molecule has 0 radical (unpaired) electrons. The van der Waals surface area contributed by atoms with Crippen LogP contribution in [0.2, 0.25) is 10.0 Å². The van der Waals surface area contributed by atoms with Crippen molar-refractivity contribution in [2.24, 2.45) is 0 Å². The Morgan fingerprint density at radius 2 is 1.96 bits per heavy atom. The maximum absolute atomic E-state index is 12.0. The second-order valence-corrected chi connectivity index (χ2v) is 5.96. The zero-order valence-corrected chi connectivity index (χ0v) is 14.8. The summed E-state index contributed by atoms with van der Waals surface area (Å²) in [4.78, 5) is 23.9. The van der Waals surface area contributed by atoms with Crippen molar-refractivity contribution in [3.05, 3.63) is 61.6 Å². The van der Waals surface area contributed by atoms with Crippen LogP contribution in [0.25, 0.3) is 0 Å². The third kappa shape index (κ3) is 4.34. The summed E-state index contributed by atoms with van der Waals surface area (Å²) < 4.78 is 10.4. The highest BCUT2D eigenvalue weighted by atomic mass is 35.5. The lowest BCUT2D eigenvalue weighted by molar-refractivity contribution is -0.143. The van der Waals surface area contributed by atoms with Gasteiger partial charge < -0.3 is 19.4 Å². The Hall–Kier alpha value is -2.02. The van der Waals surface area contributed by atoms with Gasteiger partial charge in [0, 0.05) is 21.7 Å². The minimum Gasteiger partial charge on any atom is -0.502 e. The van der Waals surface area contributed by atoms with Gasteiger partial charge in [0.05, 0.1) is 18.9 Å². The van der Waals surface area contributed by atoms with Gasteiger partial charge >= 0.3 is 5.97 Å². The Balaban J connectivity index is 2.66. The van der Waals surface area contributed by atoms with Crippen LogP contribution in [0, 0.1) is 0 Å². The van der Waals surface area contributed by atoms with E-state index in [-0.39, 0.29) is 34.6 Å². The van der Waals surface area contributed by atoms with Crippen molar-refractivity contribution in [1.29, 1.82) is 0 Å². The second kappa shape index (κ2) is 8.38. The van der Waals surface area contributed by atoms with Crippen molar-refractivity contribution < 1.29 is 24.2 Å². The van der Waals surface area contributed by atoms with E-state index in [1.165, 1.54) is 0 Å². The number of carbonyl (C=O) groups is 1. The minimum atomic E-state index is -0.959. The monoisotopic (exact) mass is 386 g/mol. The second-order valence-electron chi connectivity index (χ2n) is 5.14. The first-order chi connectivity index (χ1) is 11.9. The van der Waals surface area contributed by atoms with Crippen LogP contribution in [0.15, 0.2) is 33.5 Å². The number of benzene rings is 1. The molecule has 25 heavy (non-hydrogen) atoms. The highest BCUT2D eigenvalue weighted by molar-refractivity contribution is 6.36. The van der Waals surface area contributed by atoms with Crippen molar-refractivity contribution in [2.75, 3.05) is 6.61 Å². The Morgan fingerprint density at radius 1 is 1.32 bits per heavy atom. The summed E-state index contributed by atoms with van der Waals surface area (Å²) in [6, 6.07) is 5.71. The van der Waals surface area contributed by atoms with Crippen molar-refractivity contribution >= 4 is 29.2 Å². The van der Waals surface area contributed by atoms with E-state index in [0.717, 1.165) is 6.07 Å². The molecule has 8 heteroatoms. The molecule has 0 amide bonds. The first-order valence-corrected chi connectivity index (χ1v) is 8.20. The number of ether oxygens (including phenoxy) is 1. The van der Waals surface area contributed by atoms with Gasteiger partial charge in [0.1, 0.15) is 12.4 Å². The van der Waals surface area contributed by atoms with Gasteiger partial charge in [0.25, 0.3) is 0 Å². The van der Waals surface area contributed by atoms with Crippen LogP contribution >= 0.6 is 23.2 Å². The number of aliphatic hydroxyl groups is 1. The molecule has 0 aliphatic rings. The predicted molar refractivity (Wildman–Crippen MR) is 92.1 cm³/mol. The maximum Gasteiger partial charge on any atom is 0.306 e. The van der Waals surface area contributed by atoms with E-state index in [2.05, 4.69) is 0 Å². The molecule has 0 aliphatic heterocycles. The number of hydrogen-bond acceptors (Lipinski definition) is 6. The van der Waals surface area contributed by atoms with Crippen molar-refractivity contribution in [2.45, 2.75) is 25.9 Å². The van der Waals surface area contributed by atoms with Crippen LogP contribution in [-0.2, 0) is 16.1 Å². The molecule has 1 heterocycles. The number of aromatic hydroxyl groups is 1. The zero-order valence-electron chi connectivity index (χ0n) is 13.3. The Kier molecular flexibility index (Phi) is 6.47. The Labute approximate surface area is 153 Å². The minimum absolute atomic E-state index is 0.0603. The molecule has 0 unspecified atom stereocenters. The molecule has 1 aromatic carbocycles. The van der Waals surface area contributed by atoms with Crippen molar-refractivity contribution in [3.63, 3.8) is 0 Å². The van der Waals surface area contributed by atoms with E-state index in [1.807, 2.05) is 0 Å². The summed E-state index contributed by atoms with van der Waals surface area (Å²) in [5.41, 5.74) is -0.435. The van der Waals surface area contributed by atoms with E-state index in [4.69, 9.17) is 32.4 Å². The molecule has 6 nitrogen and oxygen atoms in total. The number of aliphatic hydroxyl groups excluding tert-OH is 1. The van der Waals surface area contributed by atoms with Crippen LogP contribution in [0.3, 0.4) is 0 Å². The van der Waals surface area contributed by atoms with E-state index in [1.54, 1.807) is 25.1 Å². The highest BCUT2D eigenvalue weighted by Crippen LogP contribution is 2.40. The molecule has 0 bridgehead atoms. The van der Waals surface area contributed by atoms with Gasteiger partial charge in [0.2, 0.25) is 11.2 Å². The maximum atomic E-state index is 12.0. The molecule has 1 atom stereocenters. The summed E-state index contributed by atoms with van der Waals surface area (Å²) in [5.74, 6) is -2.49. The quantitative estimate of drug-likeness (QED) is 0.739. The van der Waals surface area contributed by atoms with Crippen LogP contribution in [-0.4, -0.2) is 22.8 Å². The van der Waals surface area contributed by atoms with Gasteiger partial charge in [-0.3, -0.25) is 9.59 Å². The highest BCUT2D eigenvalue weighted by Gasteiger charge is 2.30. The largest absolute Gasteiger partial charge is 0.502 e. The number of halogens is 2. The molecule has 0 saturated heterocycles. The molecular formula is C17H16Cl2O6. The van der Waals surface area contributed by atoms with E-state index in [0.29, 0.717) is 5.56 Å². The molecule has 0 spiro atoms. The third-order valence-electron chi connectivity index (χ3n) is 3.50. The molecule has 1 aromatic heterocycles. The van der Waals surface area contributed by atoms with Crippen LogP contribution in [0.1, 0.15) is 36.3 Å². The fraction of sp³-hybridized carbons (Fsp3) is 0.294. The molecule has 0 aliphatic carbocycles. The van der Waals surface area contributed by atoms with Gasteiger partial charge in [-0.2, -0.15) is 0 Å². The number of esters is 1. The summed E-state index contributed by atoms with van der Waals surface area (Å²) >= 11 is 12.4. The number of hydrogen-bond donors (Lipinski definition) is 2. The summed E-state index contributed by atoms with van der Waals surface area (Å²) in [6.45, 7) is 1.26. The lowest BCUT2D eigenvalue weighted by Crippen LogP contribution is -2.15. The topological polar surface area (TPSA) is 97.0 Å². The fourth-order valence-electron chi connectivity index (χ4n) is 2.43. The summed E-state index contributed by atoms with van der Waals surface area (Å²) in [5, 5.41) is 19.9. The van der Waals surface area contributed by atoms with Gasteiger partial charge in [-0.25, -0.2) is 0 Å². The van der Waals surface area contributed by atoms with Crippen LogP contribution in [0.4, 0.5) is 0 Å². The lowest BCUT2D eigenvalue weighted by Gasteiger charge is -2.19.